The van der Waals surface area contributed by atoms with Crippen LogP contribution in [0, 0.1) is 0 Å². The van der Waals surface area contributed by atoms with Crippen molar-refractivity contribution in [1.29, 1.82) is 0 Å². The zero-order valence-corrected chi connectivity index (χ0v) is 14.0. The van der Waals surface area contributed by atoms with Crippen LogP contribution in [0.15, 0.2) is 30.6 Å². The van der Waals surface area contributed by atoms with E-state index in [0.717, 1.165) is 24.2 Å². The van der Waals surface area contributed by atoms with Crippen molar-refractivity contribution in [2.45, 2.75) is 25.4 Å². The number of rotatable bonds is 4. The van der Waals surface area contributed by atoms with E-state index in [4.69, 9.17) is 16.3 Å². The van der Waals surface area contributed by atoms with Gasteiger partial charge in [0.25, 0.3) is 5.91 Å². The van der Waals surface area contributed by atoms with Gasteiger partial charge < -0.3 is 14.5 Å². The van der Waals surface area contributed by atoms with Crippen LogP contribution < -0.4 is 9.64 Å². The average molecular weight is 345 g/mol. The van der Waals surface area contributed by atoms with Crippen LogP contribution in [-0.4, -0.2) is 40.6 Å². The van der Waals surface area contributed by atoms with Gasteiger partial charge in [0.1, 0.15) is 28.6 Å². The van der Waals surface area contributed by atoms with Gasteiger partial charge >= 0.3 is 0 Å². The zero-order valence-electron chi connectivity index (χ0n) is 13.3. The fraction of sp³-hybridized carbons (Fsp3) is 0.353. The number of fused-ring (bicyclic) bond motifs is 1. The summed E-state index contributed by atoms with van der Waals surface area (Å²) in [5, 5.41) is 0.218. The number of methoxy groups -OCH3 is 1. The second-order valence-electron chi connectivity index (χ2n) is 6.06. The van der Waals surface area contributed by atoms with Crippen LogP contribution in [0.3, 0.4) is 0 Å². The lowest BCUT2D eigenvalue weighted by atomic mass is 10.1. The highest BCUT2D eigenvalue weighted by Crippen LogP contribution is 2.36. The van der Waals surface area contributed by atoms with Crippen LogP contribution in [-0.2, 0) is 6.54 Å². The Balaban J connectivity index is 1.67. The summed E-state index contributed by atoms with van der Waals surface area (Å²) in [4.78, 5) is 25.0. The second-order valence-corrected chi connectivity index (χ2v) is 6.41. The van der Waals surface area contributed by atoms with E-state index < -0.39 is 0 Å². The minimum Gasteiger partial charge on any atom is -0.497 e. The molecule has 1 aliphatic heterocycles. The van der Waals surface area contributed by atoms with E-state index in [1.807, 2.05) is 29.2 Å². The van der Waals surface area contributed by atoms with Crippen molar-refractivity contribution >= 4 is 23.3 Å². The molecule has 6 nitrogen and oxygen atoms in total. The smallest absolute Gasteiger partial charge is 0.262 e. The largest absolute Gasteiger partial charge is 0.497 e. The van der Waals surface area contributed by atoms with E-state index in [9.17, 15) is 4.79 Å². The van der Waals surface area contributed by atoms with E-state index in [2.05, 4.69) is 14.9 Å². The summed E-state index contributed by atoms with van der Waals surface area (Å²) in [6.07, 6.45) is 3.49. The molecule has 7 heteroatoms. The fourth-order valence-electron chi connectivity index (χ4n) is 2.98. The highest BCUT2D eigenvalue weighted by molar-refractivity contribution is 6.33. The number of nitrogens with zero attached hydrogens (tertiary/aromatic N) is 4. The first-order valence-electron chi connectivity index (χ1n) is 7.86. The Bertz CT molecular complexity index is 777. The first-order chi connectivity index (χ1) is 11.7. The van der Waals surface area contributed by atoms with Crippen molar-refractivity contribution in [3.63, 3.8) is 0 Å². The van der Waals surface area contributed by atoms with E-state index in [-0.39, 0.29) is 11.1 Å². The quantitative estimate of drug-likeness (QED) is 0.798. The predicted molar refractivity (Wildman–Crippen MR) is 90.3 cm³/mol. The normalized spacial score (nSPS) is 17.0. The molecule has 1 aliphatic carbocycles. The third-order valence-electron chi connectivity index (χ3n) is 4.40. The topological polar surface area (TPSA) is 58.6 Å². The molecule has 0 saturated heterocycles. The molecular formula is C17H17ClN4O2. The molecule has 0 atom stereocenters. The summed E-state index contributed by atoms with van der Waals surface area (Å²) in [7, 11) is 1.65. The average Bonchev–Trinajstić information content (AvgIpc) is 3.43. The van der Waals surface area contributed by atoms with Crippen LogP contribution in [0.25, 0.3) is 0 Å². The number of benzene rings is 1. The molecule has 2 heterocycles. The number of hydrogen-bond acceptors (Lipinski definition) is 5. The highest BCUT2D eigenvalue weighted by Gasteiger charge is 2.40. The molecule has 1 aromatic carbocycles. The maximum absolute atomic E-state index is 12.7. The summed E-state index contributed by atoms with van der Waals surface area (Å²) in [5.74, 6) is 1.36. The SMILES string of the molecule is COc1ccc(CN2CN(C3CC3)C(=O)c3c(Cl)ncnc32)cc1. The molecule has 0 N–H and O–H groups in total. The third kappa shape index (κ3) is 2.67. The van der Waals surface area contributed by atoms with E-state index in [1.54, 1.807) is 7.11 Å². The summed E-state index contributed by atoms with van der Waals surface area (Å²) < 4.78 is 5.20. The molecule has 4 rings (SSSR count). The molecule has 2 aliphatic rings. The lowest BCUT2D eigenvalue weighted by Crippen LogP contribution is -2.48. The molecule has 1 amide bonds. The Labute approximate surface area is 145 Å². The molecule has 1 aromatic heterocycles. The number of amides is 1. The van der Waals surface area contributed by atoms with Crippen molar-refractivity contribution in [2.75, 3.05) is 18.7 Å². The van der Waals surface area contributed by atoms with Crippen molar-refractivity contribution in [3.8, 4) is 5.75 Å². The summed E-state index contributed by atoms with van der Waals surface area (Å²) in [5.41, 5.74) is 1.52. The Kier molecular flexibility index (Phi) is 3.76. The van der Waals surface area contributed by atoms with Gasteiger partial charge in [-0.1, -0.05) is 23.7 Å². The van der Waals surface area contributed by atoms with Crippen LogP contribution >= 0.6 is 11.6 Å². The minimum absolute atomic E-state index is 0.0657. The van der Waals surface area contributed by atoms with Crippen LogP contribution in [0.2, 0.25) is 5.15 Å². The molecule has 0 spiro atoms. The van der Waals surface area contributed by atoms with Gasteiger partial charge in [0.15, 0.2) is 0 Å². The van der Waals surface area contributed by atoms with Crippen molar-refractivity contribution in [1.82, 2.24) is 14.9 Å². The molecule has 24 heavy (non-hydrogen) atoms. The number of halogens is 1. The van der Waals surface area contributed by atoms with Gasteiger partial charge in [-0.3, -0.25) is 4.79 Å². The van der Waals surface area contributed by atoms with E-state index >= 15 is 0 Å². The fourth-order valence-corrected chi connectivity index (χ4v) is 3.19. The first kappa shape index (κ1) is 15.2. The lowest BCUT2D eigenvalue weighted by Gasteiger charge is -2.37. The van der Waals surface area contributed by atoms with Gasteiger partial charge in [-0.2, -0.15) is 0 Å². The number of ether oxygens (including phenoxy) is 1. The number of aromatic nitrogens is 2. The molecule has 0 bridgehead atoms. The molecule has 1 saturated carbocycles. The van der Waals surface area contributed by atoms with E-state index in [0.29, 0.717) is 30.6 Å². The Hall–Kier alpha value is -2.34. The third-order valence-corrected chi connectivity index (χ3v) is 4.69. The van der Waals surface area contributed by atoms with Crippen molar-refractivity contribution < 1.29 is 9.53 Å². The standard InChI is InChI=1S/C17H17ClN4O2/c1-24-13-6-2-11(3-7-13)8-21-10-22(12-4-5-12)17(23)14-15(18)19-9-20-16(14)21/h2-3,6-7,9,12H,4-5,8,10H2,1H3. The Morgan fingerprint density at radius 1 is 1.25 bits per heavy atom. The minimum atomic E-state index is -0.0657. The van der Waals surface area contributed by atoms with Crippen molar-refractivity contribution in [3.05, 3.63) is 46.9 Å². The Morgan fingerprint density at radius 2 is 2.00 bits per heavy atom. The number of anilines is 1. The number of carbonyl (C=O) groups excluding carboxylic acids is 1. The Morgan fingerprint density at radius 3 is 2.67 bits per heavy atom. The maximum atomic E-state index is 12.7. The van der Waals surface area contributed by atoms with Gasteiger partial charge in [0.2, 0.25) is 0 Å². The summed E-state index contributed by atoms with van der Waals surface area (Å²) in [6, 6.07) is 8.19. The van der Waals surface area contributed by atoms with E-state index in [1.165, 1.54) is 6.33 Å². The first-order valence-corrected chi connectivity index (χ1v) is 8.24. The lowest BCUT2D eigenvalue weighted by molar-refractivity contribution is 0.0725. The summed E-state index contributed by atoms with van der Waals surface area (Å²) in [6.45, 7) is 1.16. The van der Waals surface area contributed by atoms with Crippen molar-refractivity contribution in [2.24, 2.45) is 0 Å². The number of hydrogen-bond donors (Lipinski definition) is 0. The molecule has 1 fully saturated rings. The highest BCUT2D eigenvalue weighted by atomic mass is 35.5. The molecule has 124 valence electrons. The molecule has 2 aromatic rings. The second kappa shape index (κ2) is 5.94. The molecule has 0 radical (unpaired) electrons. The monoisotopic (exact) mass is 344 g/mol. The van der Waals surface area contributed by atoms with Crippen LogP contribution in [0.5, 0.6) is 5.75 Å². The van der Waals surface area contributed by atoms with Gasteiger partial charge in [0, 0.05) is 12.6 Å². The van der Waals surface area contributed by atoms with Gasteiger partial charge in [-0.25, -0.2) is 9.97 Å². The van der Waals surface area contributed by atoms with Crippen LogP contribution in [0.1, 0.15) is 28.8 Å². The van der Waals surface area contributed by atoms with Gasteiger partial charge in [-0.05, 0) is 30.5 Å². The van der Waals surface area contributed by atoms with Gasteiger partial charge in [-0.15, -0.1) is 0 Å². The maximum Gasteiger partial charge on any atom is 0.262 e. The molecular weight excluding hydrogens is 328 g/mol. The zero-order chi connectivity index (χ0) is 16.7. The van der Waals surface area contributed by atoms with Gasteiger partial charge in [0.05, 0.1) is 13.8 Å². The predicted octanol–water partition coefficient (Wildman–Crippen LogP) is 2.72. The number of carbonyl (C=O) groups is 1. The summed E-state index contributed by atoms with van der Waals surface area (Å²) >= 11 is 6.19. The molecule has 0 unspecified atom stereocenters. The van der Waals surface area contributed by atoms with Crippen LogP contribution in [0.4, 0.5) is 5.82 Å².